The Labute approximate surface area is 94.7 Å². The molecule has 90 valence electrons. The van der Waals surface area contributed by atoms with Crippen molar-refractivity contribution in [3.63, 3.8) is 0 Å². The lowest BCUT2D eigenvalue weighted by molar-refractivity contribution is 0.302. The fourth-order valence-corrected chi connectivity index (χ4v) is 1.43. The highest BCUT2D eigenvalue weighted by atomic mass is 15.1. The second-order valence-electron chi connectivity index (χ2n) is 4.49. The number of hydrogen-bond acceptors (Lipinski definition) is 3. The maximum Gasteiger partial charge on any atom is 0.0228 e. The third-order valence-electron chi connectivity index (χ3n) is 2.34. The lowest BCUT2D eigenvalue weighted by Gasteiger charge is -2.24. The molecular formula is C12H27N3. The van der Waals surface area contributed by atoms with E-state index in [1.165, 1.54) is 12.8 Å². The average molecular weight is 213 g/mol. The van der Waals surface area contributed by atoms with Crippen molar-refractivity contribution in [2.45, 2.75) is 52.6 Å². The first kappa shape index (κ1) is 14.3. The first-order chi connectivity index (χ1) is 7.07. The second kappa shape index (κ2) is 8.60. The molecule has 0 rings (SSSR count). The Hall–Kier alpha value is -0.700. The van der Waals surface area contributed by atoms with Crippen molar-refractivity contribution in [1.29, 1.82) is 0 Å². The van der Waals surface area contributed by atoms with Gasteiger partial charge in [0.05, 0.1) is 0 Å². The van der Waals surface area contributed by atoms with E-state index in [0.29, 0.717) is 12.1 Å². The summed E-state index contributed by atoms with van der Waals surface area (Å²) in [5.74, 6) is 0. The highest BCUT2D eigenvalue weighted by Gasteiger charge is 2.03. The SMILES string of the molecule is CC(C)NCCCCN(/C=C\N)C(C)C. The van der Waals surface area contributed by atoms with E-state index in [1.54, 1.807) is 6.20 Å². The third-order valence-corrected chi connectivity index (χ3v) is 2.34. The zero-order chi connectivity index (χ0) is 11.7. The lowest BCUT2D eigenvalue weighted by atomic mass is 10.2. The van der Waals surface area contributed by atoms with Crippen molar-refractivity contribution in [2.75, 3.05) is 13.1 Å². The van der Waals surface area contributed by atoms with Crippen molar-refractivity contribution in [3.8, 4) is 0 Å². The largest absolute Gasteiger partial charge is 0.403 e. The first-order valence-electron chi connectivity index (χ1n) is 5.95. The van der Waals surface area contributed by atoms with Crippen LogP contribution in [0.15, 0.2) is 12.4 Å². The third kappa shape index (κ3) is 8.30. The number of nitrogens with zero attached hydrogens (tertiary/aromatic N) is 1. The first-order valence-corrected chi connectivity index (χ1v) is 5.95. The normalized spacial score (nSPS) is 11.9. The fraction of sp³-hybridized carbons (Fsp3) is 0.833. The minimum Gasteiger partial charge on any atom is -0.403 e. The van der Waals surface area contributed by atoms with Gasteiger partial charge in [0.2, 0.25) is 0 Å². The van der Waals surface area contributed by atoms with Gasteiger partial charge in [-0.25, -0.2) is 0 Å². The van der Waals surface area contributed by atoms with Crippen LogP contribution in [0.3, 0.4) is 0 Å². The van der Waals surface area contributed by atoms with Crippen LogP contribution in [0.5, 0.6) is 0 Å². The molecule has 0 saturated heterocycles. The standard InChI is InChI=1S/C12H27N3/c1-11(2)14-8-5-6-9-15(10-7-13)12(3)4/h7,10-12,14H,5-6,8-9,13H2,1-4H3/b10-7-. The Morgan fingerprint density at radius 3 is 2.33 bits per heavy atom. The van der Waals surface area contributed by atoms with E-state index in [4.69, 9.17) is 5.73 Å². The molecule has 0 atom stereocenters. The number of hydrogen-bond donors (Lipinski definition) is 2. The van der Waals surface area contributed by atoms with E-state index in [-0.39, 0.29) is 0 Å². The Morgan fingerprint density at radius 2 is 1.87 bits per heavy atom. The molecule has 0 amide bonds. The highest BCUT2D eigenvalue weighted by molar-refractivity contribution is 4.80. The van der Waals surface area contributed by atoms with E-state index in [2.05, 4.69) is 37.9 Å². The van der Waals surface area contributed by atoms with Gasteiger partial charge in [0.15, 0.2) is 0 Å². The fourth-order valence-electron chi connectivity index (χ4n) is 1.43. The molecule has 0 saturated carbocycles. The molecule has 0 aromatic heterocycles. The average Bonchev–Trinajstić information content (AvgIpc) is 2.15. The molecule has 0 aromatic rings. The summed E-state index contributed by atoms with van der Waals surface area (Å²) in [6.45, 7) is 10.9. The van der Waals surface area contributed by atoms with Crippen LogP contribution in [0.2, 0.25) is 0 Å². The van der Waals surface area contributed by atoms with Gasteiger partial charge in [-0.1, -0.05) is 13.8 Å². The smallest absolute Gasteiger partial charge is 0.0228 e. The Balaban J connectivity index is 3.54. The van der Waals surface area contributed by atoms with E-state index >= 15 is 0 Å². The second-order valence-corrected chi connectivity index (χ2v) is 4.49. The van der Waals surface area contributed by atoms with Crippen molar-refractivity contribution >= 4 is 0 Å². The number of rotatable bonds is 8. The molecule has 0 fully saturated rings. The minimum atomic E-state index is 0.530. The summed E-state index contributed by atoms with van der Waals surface area (Å²) >= 11 is 0. The molecule has 0 unspecified atom stereocenters. The summed E-state index contributed by atoms with van der Waals surface area (Å²) in [4.78, 5) is 2.27. The van der Waals surface area contributed by atoms with Gasteiger partial charge >= 0.3 is 0 Å². The predicted molar refractivity (Wildman–Crippen MR) is 67.5 cm³/mol. The highest BCUT2D eigenvalue weighted by Crippen LogP contribution is 2.01. The van der Waals surface area contributed by atoms with Crippen LogP contribution in [0.1, 0.15) is 40.5 Å². The van der Waals surface area contributed by atoms with Crippen LogP contribution in [0, 0.1) is 0 Å². The van der Waals surface area contributed by atoms with Gasteiger partial charge in [0.1, 0.15) is 0 Å². The molecule has 3 nitrogen and oxygen atoms in total. The van der Waals surface area contributed by atoms with Gasteiger partial charge in [-0.05, 0) is 33.2 Å². The van der Waals surface area contributed by atoms with Crippen molar-refractivity contribution in [1.82, 2.24) is 10.2 Å². The summed E-state index contributed by atoms with van der Waals surface area (Å²) in [6.07, 6.45) is 6.02. The van der Waals surface area contributed by atoms with Crippen molar-refractivity contribution < 1.29 is 0 Å². The molecule has 15 heavy (non-hydrogen) atoms. The van der Waals surface area contributed by atoms with Crippen LogP contribution < -0.4 is 11.1 Å². The quantitative estimate of drug-likeness (QED) is 0.605. The molecule has 0 heterocycles. The molecule has 0 bridgehead atoms. The van der Waals surface area contributed by atoms with Gasteiger partial charge in [0.25, 0.3) is 0 Å². The number of nitrogens with two attached hydrogens (primary N) is 1. The van der Waals surface area contributed by atoms with Gasteiger partial charge in [-0.15, -0.1) is 0 Å². The van der Waals surface area contributed by atoms with E-state index in [9.17, 15) is 0 Å². The molecule has 0 aromatic carbocycles. The zero-order valence-corrected chi connectivity index (χ0v) is 10.7. The van der Waals surface area contributed by atoms with Gasteiger partial charge in [-0.3, -0.25) is 0 Å². The summed E-state index contributed by atoms with van der Waals surface area (Å²) in [7, 11) is 0. The maximum atomic E-state index is 5.40. The molecule has 0 aliphatic rings. The van der Waals surface area contributed by atoms with Crippen LogP contribution >= 0.6 is 0 Å². The van der Waals surface area contributed by atoms with Gasteiger partial charge < -0.3 is 16.0 Å². The molecule has 0 spiro atoms. The number of unbranched alkanes of at least 4 members (excludes halogenated alkanes) is 1. The summed E-state index contributed by atoms with van der Waals surface area (Å²) in [5, 5.41) is 3.42. The molecule has 3 N–H and O–H groups in total. The van der Waals surface area contributed by atoms with Crippen LogP contribution in [-0.4, -0.2) is 30.1 Å². The Morgan fingerprint density at radius 1 is 1.20 bits per heavy atom. The topological polar surface area (TPSA) is 41.3 Å². The molecular weight excluding hydrogens is 186 g/mol. The van der Waals surface area contributed by atoms with Crippen molar-refractivity contribution in [2.24, 2.45) is 5.73 Å². The maximum absolute atomic E-state index is 5.40. The van der Waals surface area contributed by atoms with Crippen molar-refractivity contribution in [3.05, 3.63) is 12.4 Å². The summed E-state index contributed by atoms with van der Waals surface area (Å²) < 4.78 is 0. The van der Waals surface area contributed by atoms with Gasteiger partial charge in [-0.2, -0.15) is 0 Å². The van der Waals surface area contributed by atoms with Crippen LogP contribution in [0.25, 0.3) is 0 Å². The van der Waals surface area contributed by atoms with E-state index < -0.39 is 0 Å². The summed E-state index contributed by atoms with van der Waals surface area (Å²) in [6, 6.07) is 1.12. The molecule has 3 heteroatoms. The molecule has 0 aliphatic carbocycles. The van der Waals surface area contributed by atoms with E-state index in [0.717, 1.165) is 13.1 Å². The Bertz CT molecular complexity index is 164. The van der Waals surface area contributed by atoms with Crippen LogP contribution in [0.4, 0.5) is 0 Å². The molecule has 0 radical (unpaired) electrons. The van der Waals surface area contributed by atoms with Crippen LogP contribution in [-0.2, 0) is 0 Å². The zero-order valence-electron chi connectivity index (χ0n) is 10.7. The molecule has 0 aliphatic heterocycles. The lowest BCUT2D eigenvalue weighted by Crippen LogP contribution is -2.28. The monoisotopic (exact) mass is 213 g/mol. The Kier molecular flexibility index (Phi) is 8.19. The summed E-state index contributed by atoms with van der Waals surface area (Å²) in [5.41, 5.74) is 5.40. The predicted octanol–water partition coefficient (Wildman–Crippen LogP) is 1.90. The van der Waals surface area contributed by atoms with E-state index in [1.807, 2.05) is 6.20 Å². The van der Waals surface area contributed by atoms with Gasteiger partial charge in [0, 0.05) is 31.0 Å². The minimum absolute atomic E-state index is 0.530. The number of nitrogens with one attached hydrogen (secondary N) is 1.